The molecular formula is C24H25FN4O6. The zero-order valence-electron chi connectivity index (χ0n) is 19.5. The molecule has 35 heavy (non-hydrogen) atoms. The molecule has 3 rings (SSSR count). The molecule has 0 saturated heterocycles. The predicted molar refractivity (Wildman–Crippen MR) is 127 cm³/mol. The number of benzene rings is 2. The van der Waals surface area contributed by atoms with Crippen LogP contribution in [0.1, 0.15) is 42.9 Å². The Morgan fingerprint density at radius 1 is 1.11 bits per heavy atom. The first-order valence-corrected chi connectivity index (χ1v) is 11.0. The van der Waals surface area contributed by atoms with E-state index in [9.17, 15) is 24.1 Å². The van der Waals surface area contributed by atoms with Crippen molar-refractivity contribution in [1.82, 2.24) is 9.78 Å². The van der Waals surface area contributed by atoms with Crippen molar-refractivity contribution < 1.29 is 23.6 Å². The van der Waals surface area contributed by atoms with E-state index in [2.05, 4.69) is 10.4 Å². The minimum Gasteiger partial charge on any atom is -0.490 e. The lowest BCUT2D eigenvalue weighted by Crippen LogP contribution is -2.27. The topological polar surface area (TPSA) is 126 Å². The third kappa shape index (κ3) is 5.81. The lowest BCUT2D eigenvalue weighted by molar-refractivity contribution is -0.384. The number of carbonyl (C=O) groups excluding carboxylic acids is 1. The van der Waals surface area contributed by atoms with Crippen LogP contribution in [0.3, 0.4) is 0 Å². The molecule has 0 aliphatic rings. The van der Waals surface area contributed by atoms with Crippen molar-refractivity contribution in [2.24, 2.45) is 0 Å². The van der Waals surface area contributed by atoms with Gasteiger partial charge in [0, 0.05) is 17.8 Å². The number of para-hydroxylation sites is 1. The molecule has 0 spiro atoms. The van der Waals surface area contributed by atoms with Gasteiger partial charge in [0.05, 0.1) is 24.2 Å². The monoisotopic (exact) mass is 484 g/mol. The van der Waals surface area contributed by atoms with Crippen LogP contribution in [0.4, 0.5) is 15.8 Å². The van der Waals surface area contributed by atoms with Gasteiger partial charge in [-0.25, -0.2) is 9.07 Å². The SMILES string of the molecule is CCCOc1cc(NC(=O)c2nn(-c3ccccc3F)c(C)cc2=O)c([N+](=O)[O-])cc1OCCC. The van der Waals surface area contributed by atoms with Crippen molar-refractivity contribution in [2.45, 2.75) is 33.6 Å². The van der Waals surface area contributed by atoms with Crippen molar-refractivity contribution in [1.29, 1.82) is 0 Å². The molecule has 10 nitrogen and oxygen atoms in total. The van der Waals surface area contributed by atoms with Gasteiger partial charge in [0.25, 0.3) is 11.6 Å². The molecule has 1 heterocycles. The highest BCUT2D eigenvalue weighted by molar-refractivity contribution is 6.04. The van der Waals surface area contributed by atoms with Crippen LogP contribution in [0.15, 0.2) is 47.3 Å². The number of anilines is 1. The highest BCUT2D eigenvalue weighted by Gasteiger charge is 2.24. The van der Waals surface area contributed by atoms with Crippen molar-refractivity contribution in [3.63, 3.8) is 0 Å². The van der Waals surface area contributed by atoms with Crippen LogP contribution in [-0.4, -0.2) is 33.8 Å². The molecule has 0 bridgehead atoms. The fourth-order valence-electron chi connectivity index (χ4n) is 3.20. The zero-order chi connectivity index (χ0) is 25.5. The highest BCUT2D eigenvalue weighted by atomic mass is 19.1. The summed E-state index contributed by atoms with van der Waals surface area (Å²) in [5.41, 5.74) is -1.59. The number of nitro groups is 1. The van der Waals surface area contributed by atoms with E-state index in [1.807, 2.05) is 13.8 Å². The lowest BCUT2D eigenvalue weighted by atomic mass is 10.2. The number of hydrogen-bond acceptors (Lipinski definition) is 7. The Kier molecular flexibility index (Phi) is 8.13. The molecule has 1 amide bonds. The molecule has 1 aromatic heterocycles. The summed E-state index contributed by atoms with van der Waals surface area (Å²) in [5, 5.41) is 18.1. The lowest BCUT2D eigenvalue weighted by Gasteiger charge is -2.15. The van der Waals surface area contributed by atoms with Gasteiger partial charge in [0.1, 0.15) is 17.2 Å². The number of nitrogens with one attached hydrogen (secondary N) is 1. The summed E-state index contributed by atoms with van der Waals surface area (Å²) in [5.74, 6) is -1.22. The van der Waals surface area contributed by atoms with Crippen molar-refractivity contribution in [2.75, 3.05) is 18.5 Å². The third-order valence-electron chi connectivity index (χ3n) is 4.83. The molecule has 0 atom stereocenters. The molecule has 2 aromatic carbocycles. The van der Waals surface area contributed by atoms with Gasteiger partial charge in [-0.3, -0.25) is 19.7 Å². The fourth-order valence-corrected chi connectivity index (χ4v) is 3.20. The van der Waals surface area contributed by atoms with E-state index in [0.29, 0.717) is 31.7 Å². The van der Waals surface area contributed by atoms with E-state index in [1.165, 1.54) is 24.3 Å². The second-order valence-corrected chi connectivity index (χ2v) is 7.59. The molecule has 0 saturated carbocycles. The minimum absolute atomic E-state index is 0.0395. The Hall–Kier alpha value is -4.28. The maximum atomic E-state index is 14.3. The van der Waals surface area contributed by atoms with Crippen LogP contribution in [0.25, 0.3) is 5.69 Å². The molecule has 184 valence electrons. The number of hydrogen-bond donors (Lipinski definition) is 1. The molecule has 3 aromatic rings. The zero-order valence-corrected chi connectivity index (χ0v) is 19.5. The maximum absolute atomic E-state index is 14.3. The van der Waals surface area contributed by atoms with Gasteiger partial charge in [-0.05, 0) is 31.9 Å². The van der Waals surface area contributed by atoms with Crippen molar-refractivity contribution >= 4 is 17.3 Å². The first kappa shape index (κ1) is 25.3. The standard InChI is InChI=1S/C24H25FN4O6/c1-4-10-34-21-13-17(19(29(32)33)14-22(21)35-11-5-2)26-24(31)23-20(30)12-15(3)28(27-23)18-9-7-6-8-16(18)25/h6-9,12-14H,4-5,10-11H2,1-3H3,(H,26,31). The number of aromatic nitrogens is 2. The molecule has 0 aliphatic heterocycles. The molecule has 0 fully saturated rings. The predicted octanol–water partition coefficient (Wildman–Crippen LogP) is 4.42. The summed E-state index contributed by atoms with van der Waals surface area (Å²) in [6, 6.07) is 9.32. The molecule has 11 heteroatoms. The van der Waals surface area contributed by atoms with E-state index in [-0.39, 0.29) is 22.9 Å². The number of halogens is 1. The smallest absolute Gasteiger partial charge is 0.296 e. The number of amides is 1. The Morgan fingerprint density at radius 3 is 2.34 bits per heavy atom. The van der Waals surface area contributed by atoms with Gasteiger partial charge < -0.3 is 14.8 Å². The van der Waals surface area contributed by atoms with Crippen LogP contribution in [0, 0.1) is 22.9 Å². The van der Waals surface area contributed by atoms with Crippen molar-refractivity contribution in [3.05, 3.63) is 80.0 Å². The van der Waals surface area contributed by atoms with Crippen LogP contribution in [-0.2, 0) is 0 Å². The van der Waals surface area contributed by atoms with Crippen LogP contribution in [0.5, 0.6) is 11.5 Å². The number of carbonyl (C=O) groups is 1. The summed E-state index contributed by atoms with van der Waals surface area (Å²) in [6.45, 7) is 5.96. The molecule has 0 radical (unpaired) electrons. The summed E-state index contributed by atoms with van der Waals surface area (Å²) < 4.78 is 26.7. The van der Waals surface area contributed by atoms with Gasteiger partial charge in [0.15, 0.2) is 17.2 Å². The molecular weight excluding hydrogens is 459 g/mol. The van der Waals surface area contributed by atoms with E-state index in [1.54, 1.807) is 13.0 Å². The summed E-state index contributed by atoms with van der Waals surface area (Å²) in [6.07, 6.45) is 1.35. The van der Waals surface area contributed by atoms with E-state index in [4.69, 9.17) is 9.47 Å². The summed E-state index contributed by atoms with van der Waals surface area (Å²) >= 11 is 0. The molecule has 1 N–H and O–H groups in total. The van der Waals surface area contributed by atoms with Gasteiger partial charge in [-0.15, -0.1) is 0 Å². The second-order valence-electron chi connectivity index (χ2n) is 7.59. The van der Waals surface area contributed by atoms with Crippen LogP contribution < -0.4 is 20.2 Å². The molecule has 0 unspecified atom stereocenters. The van der Waals surface area contributed by atoms with Gasteiger partial charge in [-0.1, -0.05) is 26.0 Å². The second kappa shape index (κ2) is 11.2. The quantitative estimate of drug-likeness (QED) is 0.333. The Bertz CT molecular complexity index is 1310. The largest absolute Gasteiger partial charge is 0.490 e. The van der Waals surface area contributed by atoms with Crippen LogP contribution in [0.2, 0.25) is 0 Å². The first-order chi connectivity index (χ1) is 16.8. The van der Waals surface area contributed by atoms with Gasteiger partial charge >= 0.3 is 0 Å². The number of aryl methyl sites for hydroxylation is 1. The van der Waals surface area contributed by atoms with Gasteiger partial charge in [0.2, 0.25) is 5.43 Å². The summed E-state index contributed by atoms with van der Waals surface area (Å²) in [7, 11) is 0. The highest BCUT2D eigenvalue weighted by Crippen LogP contribution is 2.38. The third-order valence-corrected chi connectivity index (χ3v) is 4.83. The number of ether oxygens (including phenoxy) is 2. The Labute approximate surface area is 200 Å². The Morgan fingerprint density at radius 2 is 1.74 bits per heavy atom. The fraction of sp³-hybridized carbons (Fsp3) is 0.292. The van der Waals surface area contributed by atoms with Crippen LogP contribution >= 0.6 is 0 Å². The van der Waals surface area contributed by atoms with E-state index >= 15 is 0 Å². The normalized spacial score (nSPS) is 10.6. The average molecular weight is 484 g/mol. The van der Waals surface area contributed by atoms with Crippen molar-refractivity contribution in [3.8, 4) is 17.2 Å². The Balaban J connectivity index is 2.04. The van der Waals surface area contributed by atoms with E-state index in [0.717, 1.165) is 16.8 Å². The maximum Gasteiger partial charge on any atom is 0.296 e. The molecule has 0 aliphatic carbocycles. The van der Waals surface area contributed by atoms with Gasteiger partial charge in [-0.2, -0.15) is 5.10 Å². The number of nitrogens with zero attached hydrogens (tertiary/aromatic N) is 3. The summed E-state index contributed by atoms with van der Waals surface area (Å²) in [4.78, 5) is 36.6. The van der Waals surface area contributed by atoms with E-state index < -0.39 is 33.5 Å². The number of rotatable bonds is 10. The number of nitro benzene ring substituents is 1. The average Bonchev–Trinajstić information content (AvgIpc) is 2.82. The first-order valence-electron chi connectivity index (χ1n) is 11.0. The minimum atomic E-state index is -0.994.